The largest absolute Gasteiger partial charge is 0.271 e. The Morgan fingerprint density at radius 2 is 2.47 bits per heavy atom. The minimum Gasteiger partial charge on any atom is -0.271 e. The topological polar surface area (TPSA) is 55.9 Å². The summed E-state index contributed by atoms with van der Waals surface area (Å²) in [6, 6.07) is 4.25. The molecule has 0 radical (unpaired) electrons. The number of nitrogens with zero attached hydrogens (tertiary/aromatic N) is 2. The Bertz CT molecular complexity index is 466. The van der Waals surface area contributed by atoms with Crippen molar-refractivity contribution in [2.75, 3.05) is 0 Å². The van der Waals surface area contributed by atoms with E-state index >= 15 is 0 Å². The monoisotopic (exact) mass is 314 g/mol. The van der Waals surface area contributed by atoms with E-state index in [-0.39, 0.29) is 6.04 Å². The third-order valence-corrected chi connectivity index (χ3v) is 4.16. The average Bonchev–Trinajstić information content (AvgIpc) is 2.95. The van der Waals surface area contributed by atoms with E-state index in [0.717, 1.165) is 23.1 Å². The van der Waals surface area contributed by atoms with Crippen molar-refractivity contribution >= 4 is 27.3 Å². The molecule has 0 aromatic carbocycles. The molecule has 0 aliphatic rings. The van der Waals surface area contributed by atoms with Gasteiger partial charge in [-0.15, -0.1) is 11.3 Å². The third-order valence-electron chi connectivity index (χ3n) is 2.65. The van der Waals surface area contributed by atoms with Crippen LogP contribution in [-0.2, 0) is 13.0 Å². The van der Waals surface area contributed by atoms with Gasteiger partial charge in [-0.1, -0.05) is 6.07 Å². The molecule has 0 bridgehead atoms. The van der Waals surface area contributed by atoms with Crippen LogP contribution in [-0.4, -0.2) is 9.78 Å². The number of aromatic nitrogens is 2. The number of rotatable bonds is 5. The van der Waals surface area contributed by atoms with Crippen molar-refractivity contribution in [3.05, 3.63) is 38.8 Å². The van der Waals surface area contributed by atoms with Gasteiger partial charge in [-0.05, 0) is 34.3 Å². The van der Waals surface area contributed by atoms with Crippen LogP contribution in [0.4, 0.5) is 0 Å². The van der Waals surface area contributed by atoms with Crippen molar-refractivity contribution in [2.24, 2.45) is 5.84 Å². The van der Waals surface area contributed by atoms with Crippen LogP contribution in [0.1, 0.15) is 23.5 Å². The molecule has 0 saturated heterocycles. The standard InChI is InChI=1S/C11H15BrN4S/c1-2-16-11(9(12)7-14-16)10(15-13)6-8-4-3-5-17-8/h3-5,7,10,15H,2,6,13H2,1H3. The molecule has 0 aliphatic heterocycles. The fourth-order valence-electron chi connectivity index (χ4n) is 1.83. The molecule has 2 rings (SSSR count). The quantitative estimate of drug-likeness (QED) is 0.658. The first-order valence-corrected chi connectivity index (χ1v) is 7.13. The van der Waals surface area contributed by atoms with E-state index in [9.17, 15) is 0 Å². The van der Waals surface area contributed by atoms with Crippen LogP contribution >= 0.6 is 27.3 Å². The van der Waals surface area contributed by atoms with E-state index < -0.39 is 0 Å². The SMILES string of the molecule is CCn1ncc(Br)c1C(Cc1cccs1)NN. The Morgan fingerprint density at radius 3 is 3.06 bits per heavy atom. The van der Waals surface area contributed by atoms with Crippen molar-refractivity contribution < 1.29 is 0 Å². The molecule has 0 spiro atoms. The fraction of sp³-hybridized carbons (Fsp3) is 0.364. The molecule has 2 aromatic heterocycles. The Morgan fingerprint density at radius 1 is 1.65 bits per heavy atom. The highest BCUT2D eigenvalue weighted by atomic mass is 79.9. The molecule has 0 aliphatic carbocycles. The van der Waals surface area contributed by atoms with Crippen LogP contribution in [0.25, 0.3) is 0 Å². The molecule has 3 N–H and O–H groups in total. The maximum Gasteiger partial charge on any atom is 0.0712 e. The number of nitrogens with one attached hydrogen (secondary N) is 1. The first-order chi connectivity index (χ1) is 8.26. The van der Waals surface area contributed by atoms with Crippen molar-refractivity contribution in [2.45, 2.75) is 25.9 Å². The molecule has 17 heavy (non-hydrogen) atoms. The van der Waals surface area contributed by atoms with Gasteiger partial charge in [0, 0.05) is 17.8 Å². The van der Waals surface area contributed by atoms with Crippen molar-refractivity contribution in [3.8, 4) is 0 Å². The fourth-order valence-corrected chi connectivity index (χ4v) is 3.16. The summed E-state index contributed by atoms with van der Waals surface area (Å²) in [4.78, 5) is 1.31. The lowest BCUT2D eigenvalue weighted by Gasteiger charge is -2.17. The zero-order valence-corrected chi connectivity index (χ0v) is 12.0. The van der Waals surface area contributed by atoms with E-state index in [1.54, 1.807) is 11.3 Å². The minimum atomic E-state index is 0.0745. The molecule has 0 saturated carbocycles. The second kappa shape index (κ2) is 5.77. The van der Waals surface area contributed by atoms with Gasteiger partial charge in [-0.3, -0.25) is 16.0 Å². The number of halogens is 1. The van der Waals surface area contributed by atoms with Crippen molar-refractivity contribution in [3.63, 3.8) is 0 Å². The summed E-state index contributed by atoms with van der Waals surface area (Å²) in [5.74, 6) is 5.67. The summed E-state index contributed by atoms with van der Waals surface area (Å²) in [5, 5.41) is 6.39. The summed E-state index contributed by atoms with van der Waals surface area (Å²) in [7, 11) is 0. The number of nitrogens with two attached hydrogens (primary N) is 1. The molecule has 4 nitrogen and oxygen atoms in total. The Labute approximate surface area is 113 Å². The molecular formula is C11H15BrN4S. The highest BCUT2D eigenvalue weighted by Gasteiger charge is 2.19. The highest BCUT2D eigenvalue weighted by molar-refractivity contribution is 9.10. The first kappa shape index (κ1) is 12.8. The van der Waals surface area contributed by atoms with Crippen LogP contribution in [0.3, 0.4) is 0 Å². The zero-order chi connectivity index (χ0) is 12.3. The van der Waals surface area contributed by atoms with Gasteiger partial charge in [0.25, 0.3) is 0 Å². The van der Waals surface area contributed by atoms with Crippen LogP contribution < -0.4 is 11.3 Å². The van der Waals surface area contributed by atoms with Crippen LogP contribution in [0.5, 0.6) is 0 Å². The maximum absolute atomic E-state index is 5.67. The molecule has 0 fully saturated rings. The smallest absolute Gasteiger partial charge is 0.0712 e. The Kier molecular flexibility index (Phi) is 4.33. The van der Waals surface area contributed by atoms with Crippen molar-refractivity contribution in [1.29, 1.82) is 0 Å². The van der Waals surface area contributed by atoms with Crippen LogP contribution in [0, 0.1) is 0 Å². The van der Waals surface area contributed by atoms with Gasteiger partial charge in [0.1, 0.15) is 0 Å². The average molecular weight is 315 g/mol. The number of hydrazine groups is 1. The number of hydrogen-bond donors (Lipinski definition) is 2. The second-order valence-corrected chi connectivity index (χ2v) is 5.58. The second-order valence-electron chi connectivity index (χ2n) is 3.70. The molecule has 2 aromatic rings. The number of aryl methyl sites for hydroxylation is 1. The normalized spacial score (nSPS) is 12.9. The van der Waals surface area contributed by atoms with E-state index in [4.69, 9.17) is 5.84 Å². The predicted molar refractivity (Wildman–Crippen MR) is 73.7 cm³/mol. The lowest BCUT2D eigenvalue weighted by Crippen LogP contribution is -2.31. The molecule has 2 heterocycles. The zero-order valence-electron chi connectivity index (χ0n) is 9.56. The Hall–Kier alpha value is -0.690. The summed E-state index contributed by atoms with van der Waals surface area (Å²) < 4.78 is 2.96. The van der Waals surface area contributed by atoms with Gasteiger partial charge in [-0.25, -0.2) is 0 Å². The van der Waals surface area contributed by atoms with E-state index in [2.05, 4.69) is 50.9 Å². The van der Waals surface area contributed by atoms with E-state index in [0.29, 0.717) is 0 Å². The maximum atomic E-state index is 5.67. The van der Waals surface area contributed by atoms with Gasteiger partial charge in [-0.2, -0.15) is 5.10 Å². The number of thiophene rings is 1. The van der Waals surface area contributed by atoms with Crippen molar-refractivity contribution in [1.82, 2.24) is 15.2 Å². The molecular weight excluding hydrogens is 300 g/mol. The summed E-state index contributed by atoms with van der Waals surface area (Å²) in [6.45, 7) is 2.91. The number of hydrogen-bond acceptors (Lipinski definition) is 4. The van der Waals surface area contributed by atoms with E-state index in [1.165, 1.54) is 4.88 Å². The summed E-state index contributed by atoms with van der Waals surface area (Å²) in [6.07, 6.45) is 2.69. The predicted octanol–water partition coefficient (Wildman–Crippen LogP) is 2.47. The van der Waals surface area contributed by atoms with Crippen LogP contribution in [0.2, 0.25) is 0 Å². The van der Waals surface area contributed by atoms with Gasteiger partial charge >= 0.3 is 0 Å². The molecule has 1 atom stereocenters. The van der Waals surface area contributed by atoms with Crippen LogP contribution in [0.15, 0.2) is 28.2 Å². The van der Waals surface area contributed by atoms with Gasteiger partial charge < -0.3 is 0 Å². The molecule has 0 amide bonds. The minimum absolute atomic E-state index is 0.0745. The molecule has 6 heteroatoms. The first-order valence-electron chi connectivity index (χ1n) is 5.46. The highest BCUT2D eigenvalue weighted by Crippen LogP contribution is 2.26. The molecule has 92 valence electrons. The third kappa shape index (κ3) is 2.77. The van der Waals surface area contributed by atoms with Gasteiger partial charge in [0.15, 0.2) is 0 Å². The summed E-state index contributed by atoms with van der Waals surface area (Å²) in [5.41, 5.74) is 3.97. The Balaban J connectivity index is 2.25. The lowest BCUT2D eigenvalue weighted by molar-refractivity contribution is 0.491. The van der Waals surface area contributed by atoms with Gasteiger partial charge in [0.2, 0.25) is 0 Å². The molecule has 1 unspecified atom stereocenters. The van der Waals surface area contributed by atoms with E-state index in [1.807, 2.05) is 10.9 Å². The van der Waals surface area contributed by atoms with Gasteiger partial charge in [0.05, 0.1) is 22.4 Å². The summed E-state index contributed by atoms with van der Waals surface area (Å²) >= 11 is 5.27. The lowest BCUT2D eigenvalue weighted by atomic mass is 10.1.